The molecule has 37 valence electrons. The van der Waals surface area contributed by atoms with E-state index in [-0.39, 0.29) is 0 Å². The smallest absolute Gasteiger partial charge is 0.172 e. The lowest BCUT2D eigenvalue weighted by Gasteiger charge is -1.96. The van der Waals surface area contributed by atoms with E-state index >= 15 is 0 Å². The Balaban J connectivity index is 3.17. The van der Waals surface area contributed by atoms with Crippen LogP contribution in [0.4, 0.5) is 13.2 Å². The maximum absolute atomic E-state index is 10.8. The van der Waals surface area contributed by atoms with E-state index in [1.54, 1.807) is 0 Å². The van der Waals surface area contributed by atoms with Crippen molar-refractivity contribution in [3.63, 3.8) is 0 Å². The van der Waals surface area contributed by atoms with Gasteiger partial charge in [0.2, 0.25) is 0 Å². The minimum absolute atomic E-state index is 0.701. The number of hydrogen-bond acceptors (Lipinski definition) is 0. The molecule has 6 heavy (non-hydrogen) atoms. The van der Waals surface area contributed by atoms with Crippen molar-refractivity contribution in [2.45, 2.75) is 12.2 Å². The Morgan fingerprint density at radius 3 is 1.50 bits per heavy atom. The zero-order valence-electron chi connectivity index (χ0n) is 3.05. The Morgan fingerprint density at radius 1 is 1.33 bits per heavy atom. The molecule has 0 aromatic carbocycles. The second-order valence-electron chi connectivity index (χ2n) is 0.865. The van der Waals surface area contributed by atoms with Gasteiger partial charge >= 0.3 is 6.18 Å². The topological polar surface area (TPSA) is 0 Å². The van der Waals surface area contributed by atoms with Crippen molar-refractivity contribution in [1.82, 2.24) is 0 Å². The molecule has 0 heterocycles. The molecule has 0 rings (SSSR count). The molecule has 0 aromatic heterocycles. The third-order valence-electron chi connectivity index (χ3n) is 0.283. The van der Waals surface area contributed by atoms with Gasteiger partial charge < -0.3 is 0 Å². The highest BCUT2D eigenvalue weighted by Crippen LogP contribution is 2.16. The van der Waals surface area contributed by atoms with Crippen molar-refractivity contribution in [1.29, 1.82) is 0 Å². The van der Waals surface area contributed by atoms with Crippen LogP contribution in [0.2, 0.25) is 6.04 Å². The Hall–Kier alpha value is 0.00688. The monoisotopic (exact) mass is 113 g/mol. The molecule has 0 fully saturated rings. The summed E-state index contributed by atoms with van der Waals surface area (Å²) in [6.07, 6.45) is -3.95. The van der Waals surface area contributed by atoms with E-state index in [9.17, 15) is 13.2 Å². The maximum atomic E-state index is 10.8. The van der Waals surface area contributed by atoms with Gasteiger partial charge in [-0.05, 0) is 0 Å². The quantitative estimate of drug-likeness (QED) is 0.403. The van der Waals surface area contributed by atoms with Crippen LogP contribution in [0.25, 0.3) is 0 Å². The molecule has 0 amide bonds. The third-order valence-corrected chi connectivity index (χ3v) is 0.850. The van der Waals surface area contributed by atoms with Gasteiger partial charge in [0.25, 0.3) is 0 Å². The summed E-state index contributed by atoms with van der Waals surface area (Å²) in [6, 6.07) is -0.701. The molecule has 0 saturated carbocycles. The predicted octanol–water partition coefficient (Wildman–Crippen LogP) is 0.600. The molecular weight excluding hydrogens is 109 g/mol. The molecule has 1 radical (unpaired) electrons. The van der Waals surface area contributed by atoms with Crippen LogP contribution in [-0.2, 0) is 0 Å². The van der Waals surface area contributed by atoms with Crippen molar-refractivity contribution < 1.29 is 13.2 Å². The van der Waals surface area contributed by atoms with Gasteiger partial charge in [-0.15, -0.1) is 0 Å². The average molecular weight is 113 g/mol. The van der Waals surface area contributed by atoms with Crippen molar-refractivity contribution in [3.05, 3.63) is 0 Å². The largest absolute Gasteiger partial charge is 0.386 e. The fraction of sp³-hybridized carbons (Fsp3) is 1.00. The molecule has 0 saturated heterocycles. The summed E-state index contributed by atoms with van der Waals surface area (Å²) in [5.41, 5.74) is 0. The number of hydrogen-bond donors (Lipinski definition) is 0. The lowest BCUT2D eigenvalue weighted by atomic mass is 10.8. The second-order valence-corrected chi connectivity index (χ2v) is 1.37. The van der Waals surface area contributed by atoms with Crippen LogP contribution >= 0.6 is 0 Å². The standard InChI is InChI=1S/C2H4F3Si/c3-2(4,5)1-6/h1,6H2. The van der Waals surface area contributed by atoms with Crippen molar-refractivity contribution in [2.75, 3.05) is 0 Å². The minimum atomic E-state index is -3.95. The van der Waals surface area contributed by atoms with Crippen LogP contribution in [0.5, 0.6) is 0 Å². The Morgan fingerprint density at radius 2 is 1.50 bits per heavy atom. The molecule has 0 aliphatic heterocycles. The maximum Gasteiger partial charge on any atom is 0.386 e. The van der Waals surface area contributed by atoms with Gasteiger partial charge in [0.05, 0.1) is 0 Å². The molecule has 0 N–H and O–H groups in total. The summed E-state index contributed by atoms with van der Waals surface area (Å²) >= 11 is 0. The van der Waals surface area contributed by atoms with Gasteiger partial charge in [0, 0.05) is 16.3 Å². The lowest BCUT2D eigenvalue weighted by Crippen LogP contribution is -2.03. The number of alkyl halides is 3. The Labute approximate surface area is 36.8 Å². The zero-order chi connectivity index (χ0) is 5.21. The van der Waals surface area contributed by atoms with E-state index in [4.69, 9.17) is 0 Å². The third kappa shape index (κ3) is 4.01. The molecule has 4 heteroatoms. The second kappa shape index (κ2) is 1.64. The lowest BCUT2D eigenvalue weighted by molar-refractivity contribution is -0.109. The summed E-state index contributed by atoms with van der Waals surface area (Å²) in [5.74, 6) is 0. The normalized spacial score (nSPS) is 12.0. The SMILES string of the molecule is FC(F)(F)C[SiH2]. The van der Waals surface area contributed by atoms with Crippen molar-refractivity contribution >= 4 is 10.2 Å². The van der Waals surface area contributed by atoms with E-state index in [2.05, 4.69) is 0 Å². The minimum Gasteiger partial charge on any atom is -0.172 e. The average Bonchev–Trinajstić information content (AvgIpc) is 1.35. The van der Waals surface area contributed by atoms with Gasteiger partial charge in [-0.25, -0.2) is 0 Å². The first-order chi connectivity index (χ1) is 2.56. The van der Waals surface area contributed by atoms with Crippen LogP contribution in [-0.4, -0.2) is 16.4 Å². The van der Waals surface area contributed by atoms with E-state index < -0.39 is 12.2 Å². The Bertz CT molecular complexity index is 38.5. The summed E-state index contributed by atoms with van der Waals surface area (Å²) in [6.45, 7) is 0. The predicted molar refractivity (Wildman–Crippen MR) is 19.4 cm³/mol. The molecule has 0 unspecified atom stereocenters. The fourth-order valence-electron chi connectivity index (χ4n) is 0. The van der Waals surface area contributed by atoms with E-state index in [1.807, 2.05) is 0 Å². The van der Waals surface area contributed by atoms with Crippen LogP contribution in [0.1, 0.15) is 0 Å². The summed E-state index contributed by atoms with van der Waals surface area (Å²) in [7, 11) is 0.911. The van der Waals surface area contributed by atoms with Crippen LogP contribution in [0, 0.1) is 0 Å². The highest BCUT2D eigenvalue weighted by Gasteiger charge is 2.22. The van der Waals surface area contributed by atoms with E-state index in [0.717, 1.165) is 10.2 Å². The molecule has 0 nitrogen and oxygen atoms in total. The molecular formula is C2H4F3Si. The summed E-state index contributed by atoms with van der Waals surface area (Å²) < 4.78 is 32.4. The first-order valence-electron chi connectivity index (χ1n) is 1.42. The first kappa shape index (κ1) is 6.01. The van der Waals surface area contributed by atoms with Gasteiger partial charge in [0.15, 0.2) is 0 Å². The van der Waals surface area contributed by atoms with Crippen LogP contribution in [0.3, 0.4) is 0 Å². The van der Waals surface area contributed by atoms with E-state index in [0.29, 0.717) is 0 Å². The highest BCUT2D eigenvalue weighted by atomic mass is 28.1. The zero-order valence-corrected chi connectivity index (χ0v) is 4.46. The van der Waals surface area contributed by atoms with Gasteiger partial charge in [-0.1, -0.05) is 0 Å². The first-order valence-corrected chi connectivity index (χ1v) is 2.42. The van der Waals surface area contributed by atoms with Crippen LogP contribution < -0.4 is 0 Å². The molecule has 0 aliphatic rings. The molecule has 0 bridgehead atoms. The van der Waals surface area contributed by atoms with Gasteiger partial charge in [0.1, 0.15) is 0 Å². The number of halogens is 3. The highest BCUT2D eigenvalue weighted by molar-refractivity contribution is 6.08. The molecule has 0 aromatic rings. The molecule has 0 atom stereocenters. The summed E-state index contributed by atoms with van der Waals surface area (Å²) in [4.78, 5) is 0. The molecule has 0 aliphatic carbocycles. The van der Waals surface area contributed by atoms with Crippen LogP contribution in [0.15, 0.2) is 0 Å². The summed E-state index contributed by atoms with van der Waals surface area (Å²) in [5, 5.41) is 0. The van der Waals surface area contributed by atoms with E-state index in [1.165, 1.54) is 0 Å². The fourth-order valence-corrected chi connectivity index (χ4v) is 0. The van der Waals surface area contributed by atoms with Crippen molar-refractivity contribution in [2.24, 2.45) is 0 Å². The molecule has 0 spiro atoms. The Kier molecular flexibility index (Phi) is 1.64. The van der Waals surface area contributed by atoms with Gasteiger partial charge in [-0.3, -0.25) is 0 Å². The van der Waals surface area contributed by atoms with Crippen molar-refractivity contribution in [3.8, 4) is 0 Å². The number of rotatable bonds is 0. The van der Waals surface area contributed by atoms with Gasteiger partial charge in [-0.2, -0.15) is 13.2 Å².